The molecule has 226 valence electrons. The van der Waals surface area contributed by atoms with Crippen LogP contribution in [0.1, 0.15) is 36.6 Å². The van der Waals surface area contributed by atoms with Crippen LogP contribution < -0.4 is 30.3 Å². The van der Waals surface area contributed by atoms with Gasteiger partial charge in [-0.3, -0.25) is 5.43 Å². The van der Waals surface area contributed by atoms with Crippen molar-refractivity contribution in [3.63, 3.8) is 0 Å². The summed E-state index contributed by atoms with van der Waals surface area (Å²) in [5.41, 5.74) is 5.31. The highest BCUT2D eigenvalue weighted by Gasteiger charge is 2.32. The molecule has 1 heterocycles. The van der Waals surface area contributed by atoms with Crippen LogP contribution in [0.4, 0.5) is 9.18 Å². The number of ether oxygens (including phenoxy) is 4. The number of hydrogen-bond donors (Lipinski definition) is 4. The van der Waals surface area contributed by atoms with Gasteiger partial charge in [-0.05, 0) is 61.4 Å². The largest absolute Gasteiger partial charge is 0.490 e. The minimum atomic E-state index is -1.17. The molecule has 0 aromatic heterocycles. The summed E-state index contributed by atoms with van der Waals surface area (Å²) in [6, 6.07) is 17.0. The van der Waals surface area contributed by atoms with Crippen molar-refractivity contribution in [2.24, 2.45) is 5.10 Å². The monoisotopic (exact) mass is 592 g/mol. The van der Waals surface area contributed by atoms with Crippen LogP contribution >= 0.6 is 0 Å². The lowest BCUT2D eigenvalue weighted by molar-refractivity contribution is -0.136. The van der Waals surface area contributed by atoms with Crippen molar-refractivity contribution in [1.82, 2.24) is 16.1 Å². The Hall–Kier alpha value is -5.10. The molecule has 11 nitrogen and oxygen atoms in total. The molecule has 3 aromatic carbocycles. The Morgan fingerprint density at radius 2 is 1.84 bits per heavy atom. The van der Waals surface area contributed by atoms with Crippen molar-refractivity contribution >= 4 is 18.2 Å². The Bertz CT molecular complexity index is 1490. The zero-order chi connectivity index (χ0) is 30.8. The molecule has 0 saturated carbocycles. The van der Waals surface area contributed by atoms with Crippen molar-refractivity contribution in [2.75, 3.05) is 20.3 Å². The average molecular weight is 593 g/mol. The first-order chi connectivity index (χ1) is 20.8. The van der Waals surface area contributed by atoms with E-state index in [1.54, 1.807) is 56.3 Å². The first-order valence-corrected chi connectivity index (χ1v) is 13.5. The summed E-state index contributed by atoms with van der Waals surface area (Å²) in [5.74, 6) is 0.373. The zero-order valence-corrected chi connectivity index (χ0v) is 23.9. The number of aliphatic hydroxyl groups excluding tert-OH is 1. The smallest absolute Gasteiger partial charge is 0.337 e. The van der Waals surface area contributed by atoms with Crippen molar-refractivity contribution in [3.05, 3.63) is 101 Å². The summed E-state index contributed by atoms with van der Waals surface area (Å²) in [6.07, 6.45) is 0.337. The lowest BCUT2D eigenvalue weighted by Gasteiger charge is -2.28. The summed E-state index contributed by atoms with van der Waals surface area (Å²) >= 11 is 0. The minimum Gasteiger partial charge on any atom is -0.490 e. The fourth-order valence-corrected chi connectivity index (χ4v) is 4.28. The van der Waals surface area contributed by atoms with E-state index in [4.69, 9.17) is 18.9 Å². The second kappa shape index (κ2) is 14.7. The van der Waals surface area contributed by atoms with Gasteiger partial charge in [0.25, 0.3) is 0 Å². The first kappa shape index (κ1) is 30.8. The highest BCUT2D eigenvalue weighted by molar-refractivity contribution is 5.95. The van der Waals surface area contributed by atoms with Crippen LogP contribution in [0.15, 0.2) is 83.1 Å². The number of rotatable bonds is 13. The normalized spacial score (nSPS) is 15.4. The zero-order valence-electron chi connectivity index (χ0n) is 23.9. The number of methoxy groups -OCH3 is 1. The fourth-order valence-electron chi connectivity index (χ4n) is 4.28. The SMILES string of the molecule is CCOc1cc([C@@H]2NC(=O)NC(C)=C2C(=O)OC)ccc1OC[C@H](O)N/N=C\c1ccccc1OCc1ccc(F)cc1. The van der Waals surface area contributed by atoms with Crippen LogP contribution in [-0.2, 0) is 16.1 Å². The van der Waals surface area contributed by atoms with Crippen molar-refractivity contribution in [3.8, 4) is 17.2 Å². The maximum absolute atomic E-state index is 13.2. The number of nitrogens with zero attached hydrogens (tertiary/aromatic N) is 1. The third kappa shape index (κ3) is 8.23. The third-order valence-corrected chi connectivity index (χ3v) is 6.33. The quantitative estimate of drug-likeness (QED) is 0.101. The van der Waals surface area contributed by atoms with Gasteiger partial charge in [-0.25, -0.2) is 14.0 Å². The molecule has 0 aliphatic carbocycles. The van der Waals surface area contributed by atoms with E-state index in [2.05, 4.69) is 21.2 Å². The second-order valence-electron chi connectivity index (χ2n) is 9.37. The Balaban J connectivity index is 1.38. The number of carbonyl (C=O) groups excluding carboxylic acids is 2. The summed E-state index contributed by atoms with van der Waals surface area (Å²) < 4.78 is 35.4. The molecule has 1 aliphatic heterocycles. The van der Waals surface area contributed by atoms with Gasteiger partial charge in [0.05, 0.1) is 31.5 Å². The number of esters is 1. The molecule has 0 bridgehead atoms. The number of hydrazone groups is 1. The van der Waals surface area contributed by atoms with Gasteiger partial charge < -0.3 is 34.7 Å². The Labute approximate surface area is 248 Å². The van der Waals surface area contributed by atoms with Crippen molar-refractivity contribution in [1.29, 1.82) is 0 Å². The summed E-state index contributed by atoms with van der Waals surface area (Å²) in [6.45, 7) is 3.83. The maximum atomic E-state index is 13.2. The number of nitrogens with one attached hydrogen (secondary N) is 3. The van der Waals surface area contributed by atoms with Crippen LogP contribution in [0.5, 0.6) is 17.2 Å². The molecule has 0 spiro atoms. The van der Waals surface area contributed by atoms with Crippen LogP contribution in [0.3, 0.4) is 0 Å². The Morgan fingerprint density at radius 3 is 2.58 bits per heavy atom. The lowest BCUT2D eigenvalue weighted by atomic mass is 9.95. The molecule has 12 heteroatoms. The van der Waals surface area contributed by atoms with E-state index in [-0.39, 0.29) is 24.6 Å². The molecule has 0 unspecified atom stereocenters. The number of benzene rings is 3. The molecular weight excluding hydrogens is 559 g/mol. The predicted octanol–water partition coefficient (Wildman–Crippen LogP) is 3.93. The number of carbonyl (C=O) groups is 2. The molecule has 4 N–H and O–H groups in total. The van der Waals surface area contributed by atoms with E-state index in [0.29, 0.717) is 40.7 Å². The molecule has 4 rings (SSSR count). The van der Waals surface area contributed by atoms with Crippen LogP contribution in [0.25, 0.3) is 0 Å². The number of hydrogen-bond acceptors (Lipinski definition) is 9. The first-order valence-electron chi connectivity index (χ1n) is 13.5. The average Bonchev–Trinajstić information content (AvgIpc) is 3.00. The van der Waals surface area contributed by atoms with Gasteiger partial charge in [-0.15, -0.1) is 0 Å². The maximum Gasteiger partial charge on any atom is 0.337 e. The number of para-hydroxylation sites is 1. The van der Waals surface area contributed by atoms with Crippen molar-refractivity contribution in [2.45, 2.75) is 32.7 Å². The summed E-state index contributed by atoms with van der Waals surface area (Å²) in [5, 5.41) is 19.8. The van der Waals surface area contributed by atoms with Gasteiger partial charge in [0.2, 0.25) is 0 Å². The molecule has 0 fully saturated rings. The van der Waals surface area contributed by atoms with Crippen molar-refractivity contribution < 1.29 is 38.0 Å². The number of amides is 2. The Kier molecular flexibility index (Phi) is 10.5. The topological polar surface area (TPSA) is 140 Å². The lowest BCUT2D eigenvalue weighted by Crippen LogP contribution is -2.45. The predicted molar refractivity (Wildman–Crippen MR) is 156 cm³/mol. The molecule has 3 aromatic rings. The summed E-state index contributed by atoms with van der Waals surface area (Å²) in [4.78, 5) is 24.6. The van der Waals surface area contributed by atoms with E-state index >= 15 is 0 Å². The molecule has 2 atom stereocenters. The molecule has 1 aliphatic rings. The van der Waals surface area contributed by atoms with Crippen LogP contribution in [0, 0.1) is 5.82 Å². The van der Waals surface area contributed by atoms with Crippen LogP contribution in [-0.4, -0.2) is 49.9 Å². The second-order valence-corrected chi connectivity index (χ2v) is 9.37. The standard InChI is InChI=1S/C31H33FN4O7/c1-4-41-26-15-21(29-28(30(38)40-3)19(2)34-31(39)35-29)11-14-25(26)43-18-27(37)36-33-16-22-7-5-6-8-24(22)42-17-20-9-12-23(32)13-10-20/h5-16,27,29,36-37H,4,17-18H2,1-3H3,(H2,34,35,39)/b33-16-/t27-,29-/m0/s1. The minimum absolute atomic E-state index is 0.171. The van der Waals surface area contributed by atoms with E-state index < -0.39 is 24.3 Å². The number of aliphatic hydroxyl groups is 1. The van der Waals surface area contributed by atoms with Gasteiger partial charge in [-0.1, -0.05) is 30.3 Å². The van der Waals surface area contributed by atoms with Gasteiger partial charge in [0, 0.05) is 11.3 Å². The van der Waals surface area contributed by atoms with E-state index in [1.165, 1.54) is 25.5 Å². The highest BCUT2D eigenvalue weighted by atomic mass is 19.1. The molecule has 0 saturated heterocycles. The molecule has 2 amide bonds. The highest BCUT2D eigenvalue weighted by Crippen LogP contribution is 2.35. The van der Waals surface area contributed by atoms with Crippen LogP contribution in [0.2, 0.25) is 0 Å². The number of allylic oxidation sites excluding steroid dienone is 1. The number of halogens is 1. The molecule has 0 radical (unpaired) electrons. The van der Waals surface area contributed by atoms with E-state index in [9.17, 15) is 19.1 Å². The fraction of sp³-hybridized carbons (Fsp3) is 0.258. The van der Waals surface area contributed by atoms with E-state index in [0.717, 1.165) is 5.56 Å². The third-order valence-electron chi connectivity index (χ3n) is 6.33. The van der Waals surface area contributed by atoms with E-state index in [1.807, 2.05) is 12.1 Å². The Morgan fingerprint density at radius 1 is 1.07 bits per heavy atom. The number of urea groups is 1. The molecule has 43 heavy (non-hydrogen) atoms. The van der Waals surface area contributed by atoms with Gasteiger partial charge >= 0.3 is 12.0 Å². The summed E-state index contributed by atoms with van der Waals surface area (Å²) in [7, 11) is 1.27. The molecular formula is C31H33FN4O7. The van der Waals surface area contributed by atoms with Gasteiger partial charge in [0.1, 0.15) is 24.8 Å². The van der Waals surface area contributed by atoms with Gasteiger partial charge in [-0.2, -0.15) is 5.10 Å². The van der Waals surface area contributed by atoms with Gasteiger partial charge in [0.15, 0.2) is 17.7 Å².